The zero-order valence-corrected chi connectivity index (χ0v) is 39.7. The van der Waals surface area contributed by atoms with Crippen LogP contribution in [0.4, 0.5) is 39.8 Å². The Hall–Kier alpha value is -8.36. The molecule has 0 N–H and O–H groups in total. The lowest BCUT2D eigenvalue weighted by Gasteiger charge is -2.30. The molecule has 0 spiro atoms. The van der Waals surface area contributed by atoms with Crippen molar-refractivity contribution in [3.63, 3.8) is 0 Å². The number of carbonyl (C=O) groups is 4. The molecule has 0 fully saturated rings. The van der Waals surface area contributed by atoms with Crippen LogP contribution in [0.15, 0.2) is 176 Å². The Morgan fingerprint density at radius 1 is 0.486 bits per heavy atom. The van der Waals surface area contributed by atoms with E-state index in [1.807, 2.05) is 44.2 Å². The number of hydrogen-bond donors (Lipinski definition) is 0. The molecule has 70 heavy (non-hydrogen) atoms. The number of amides is 4. The van der Waals surface area contributed by atoms with Crippen LogP contribution in [-0.2, 0) is 6.42 Å². The van der Waals surface area contributed by atoms with E-state index < -0.39 is 11.8 Å². The predicted octanol–water partition coefficient (Wildman–Crippen LogP) is 15.1. The van der Waals surface area contributed by atoms with Crippen LogP contribution in [0.3, 0.4) is 0 Å². The minimum absolute atomic E-state index is 0.230. The molecular weight excluding hydrogens is 865 g/mol. The molecule has 1 aliphatic carbocycles. The maximum atomic E-state index is 14.5. The zero-order valence-electron chi connectivity index (χ0n) is 39.7. The molecule has 344 valence electrons. The van der Waals surface area contributed by atoms with Crippen LogP contribution in [0, 0.1) is 0 Å². The lowest BCUT2D eigenvalue weighted by atomic mass is 9.96. The van der Waals surface area contributed by atoms with Gasteiger partial charge in [-0.05, 0) is 180 Å². The van der Waals surface area contributed by atoms with Crippen molar-refractivity contribution in [2.45, 2.75) is 65.3 Å². The van der Waals surface area contributed by atoms with Gasteiger partial charge in [0.2, 0.25) is 0 Å². The molecule has 0 bridgehead atoms. The number of hydrogen-bond acceptors (Lipinski definition) is 6. The van der Waals surface area contributed by atoms with Crippen LogP contribution in [0.5, 0.6) is 0 Å². The fraction of sp³-hybridized carbons (Fsp3) is 0.161. The number of nitrogens with zero attached hydrogens (tertiary/aromatic N) is 4. The molecule has 3 aliphatic rings. The third-order valence-electron chi connectivity index (χ3n) is 14.4. The second kappa shape index (κ2) is 17.9. The molecule has 0 radical (unpaired) electrons. The maximum absolute atomic E-state index is 14.5. The van der Waals surface area contributed by atoms with Gasteiger partial charge in [-0.2, -0.15) is 0 Å². The first-order valence-electron chi connectivity index (χ1n) is 24.3. The Balaban J connectivity index is 0.956. The van der Waals surface area contributed by atoms with Crippen molar-refractivity contribution in [2.75, 3.05) is 14.7 Å². The molecular formula is C62H52N4O4. The number of fused-ring (bicyclic) bond motifs is 4. The summed E-state index contributed by atoms with van der Waals surface area (Å²) in [7, 11) is 0. The van der Waals surface area contributed by atoms with Crippen molar-refractivity contribution in [2.24, 2.45) is 0 Å². The molecule has 4 amide bonds. The SMILES string of the molecule is CCC(C)c1cccc(N(c2ccc(N(c3cccc(N4C(=O)c5ccc(-c6ccc7c(c6)C(=O)N(C(C)CC)C7=O)cc5C4=O)c3)c3ccc4ccccc4c3)cc2)c2ccc3c(c2)C=CCC3)c1. The molecule has 8 aromatic rings. The van der Waals surface area contributed by atoms with Gasteiger partial charge in [-0.15, -0.1) is 0 Å². The lowest BCUT2D eigenvalue weighted by Crippen LogP contribution is -2.37. The Labute approximate surface area is 408 Å². The van der Waals surface area contributed by atoms with Gasteiger partial charge < -0.3 is 9.80 Å². The van der Waals surface area contributed by atoms with Crippen LogP contribution in [-0.4, -0.2) is 34.6 Å². The summed E-state index contributed by atoms with van der Waals surface area (Å²) in [5.74, 6) is -1.06. The molecule has 8 heteroatoms. The van der Waals surface area contributed by atoms with Crippen molar-refractivity contribution in [1.29, 1.82) is 0 Å². The second-order valence-corrected chi connectivity index (χ2v) is 18.7. The third-order valence-corrected chi connectivity index (χ3v) is 14.4. The predicted molar refractivity (Wildman–Crippen MR) is 283 cm³/mol. The number of imide groups is 2. The van der Waals surface area contributed by atoms with Crippen LogP contribution < -0.4 is 14.7 Å². The number of carbonyl (C=O) groups excluding carboxylic acids is 4. The van der Waals surface area contributed by atoms with Crippen molar-refractivity contribution in [1.82, 2.24) is 4.90 Å². The van der Waals surface area contributed by atoms with Crippen LogP contribution >= 0.6 is 0 Å². The average Bonchev–Trinajstić information content (AvgIpc) is 3.81. The lowest BCUT2D eigenvalue weighted by molar-refractivity contribution is 0.0592. The van der Waals surface area contributed by atoms with Gasteiger partial charge in [-0.1, -0.05) is 99.7 Å². The molecule has 2 heterocycles. The highest BCUT2D eigenvalue weighted by atomic mass is 16.2. The first-order chi connectivity index (χ1) is 34.1. The summed E-state index contributed by atoms with van der Waals surface area (Å²) in [5.41, 5.74) is 12.7. The van der Waals surface area contributed by atoms with Crippen molar-refractivity contribution in [3.8, 4) is 11.1 Å². The highest BCUT2D eigenvalue weighted by molar-refractivity contribution is 6.35. The number of rotatable bonds is 12. The number of benzene rings is 8. The quantitative estimate of drug-likeness (QED) is 0.114. The first-order valence-corrected chi connectivity index (χ1v) is 24.3. The van der Waals surface area contributed by atoms with E-state index in [0.717, 1.165) is 64.2 Å². The Morgan fingerprint density at radius 3 is 1.76 bits per heavy atom. The van der Waals surface area contributed by atoms with Crippen LogP contribution in [0.2, 0.25) is 0 Å². The van der Waals surface area contributed by atoms with Crippen molar-refractivity contribution in [3.05, 3.63) is 215 Å². The van der Waals surface area contributed by atoms with Gasteiger partial charge in [0.25, 0.3) is 23.6 Å². The standard InChI is InChI=1S/C62H52N4O4/c1-5-39(3)43-17-11-18-50(33-43)64(53-25-21-41-13-7-9-15-44(41)34-53)48-27-29-49(30-28-48)65(54-26-22-42-14-8-10-16-45(42)35-54)51-19-12-20-52(38-51)66-60(68)56-32-24-47(37-58(56)62(66)70)46-23-31-55-57(36-46)61(69)63(59(55)67)40(4)6-2/h8-12,14-40H,5-7,13H2,1-4H3. The molecule has 8 nitrogen and oxygen atoms in total. The summed E-state index contributed by atoms with van der Waals surface area (Å²) in [4.78, 5) is 62.3. The molecule has 0 saturated carbocycles. The topological polar surface area (TPSA) is 81.2 Å². The monoisotopic (exact) mass is 916 g/mol. The Bertz CT molecular complexity index is 3460. The van der Waals surface area contributed by atoms with E-state index in [9.17, 15) is 19.2 Å². The number of anilines is 7. The molecule has 0 saturated heterocycles. The minimum Gasteiger partial charge on any atom is -0.310 e. The van der Waals surface area contributed by atoms with Gasteiger partial charge in [0, 0.05) is 40.2 Å². The van der Waals surface area contributed by atoms with Crippen LogP contribution in [0.1, 0.15) is 111 Å². The summed E-state index contributed by atoms with van der Waals surface area (Å²) in [6, 6.07) is 56.6. The van der Waals surface area contributed by atoms with E-state index in [-0.39, 0.29) is 23.4 Å². The third kappa shape index (κ3) is 7.66. The Kier molecular flexibility index (Phi) is 11.3. The van der Waals surface area contributed by atoms with E-state index in [0.29, 0.717) is 45.8 Å². The van der Waals surface area contributed by atoms with Gasteiger partial charge in [0.1, 0.15) is 0 Å². The normalized spacial score (nSPS) is 14.7. The van der Waals surface area contributed by atoms with Gasteiger partial charge in [-0.3, -0.25) is 24.1 Å². The molecule has 11 rings (SSSR count). The van der Waals surface area contributed by atoms with Crippen LogP contribution in [0.25, 0.3) is 28.0 Å². The van der Waals surface area contributed by atoms with E-state index in [2.05, 4.69) is 133 Å². The van der Waals surface area contributed by atoms with E-state index in [4.69, 9.17) is 0 Å². The molecule has 0 aromatic heterocycles. The summed E-state index contributed by atoms with van der Waals surface area (Å²) >= 11 is 0. The first kappa shape index (κ1) is 44.2. The summed E-state index contributed by atoms with van der Waals surface area (Å²) in [5, 5.41) is 2.19. The smallest absolute Gasteiger partial charge is 0.266 e. The largest absolute Gasteiger partial charge is 0.310 e. The molecule has 2 unspecified atom stereocenters. The minimum atomic E-state index is -0.439. The zero-order chi connectivity index (χ0) is 48.2. The fourth-order valence-corrected chi connectivity index (χ4v) is 10.2. The van der Waals surface area contributed by atoms with E-state index >= 15 is 0 Å². The second-order valence-electron chi connectivity index (χ2n) is 18.7. The summed E-state index contributed by atoms with van der Waals surface area (Å²) < 4.78 is 0. The van der Waals surface area contributed by atoms with Crippen molar-refractivity contribution >= 4 is 80.3 Å². The molecule has 2 aliphatic heterocycles. The van der Waals surface area contributed by atoms with Crippen molar-refractivity contribution < 1.29 is 19.2 Å². The number of allylic oxidation sites excluding steroid dienone is 1. The molecule has 8 aromatic carbocycles. The fourth-order valence-electron chi connectivity index (χ4n) is 10.2. The van der Waals surface area contributed by atoms with Gasteiger partial charge in [-0.25, -0.2) is 4.90 Å². The number of aryl methyl sites for hydroxylation is 1. The van der Waals surface area contributed by atoms with Gasteiger partial charge in [0.05, 0.1) is 27.9 Å². The van der Waals surface area contributed by atoms with E-state index in [1.54, 1.807) is 42.5 Å². The van der Waals surface area contributed by atoms with E-state index in [1.165, 1.54) is 26.5 Å². The van der Waals surface area contributed by atoms with Gasteiger partial charge in [0.15, 0.2) is 0 Å². The summed E-state index contributed by atoms with van der Waals surface area (Å²) in [6.45, 7) is 8.31. The molecule has 2 atom stereocenters. The maximum Gasteiger partial charge on any atom is 0.266 e. The van der Waals surface area contributed by atoms with Gasteiger partial charge >= 0.3 is 0 Å². The summed E-state index contributed by atoms with van der Waals surface area (Å²) in [6.07, 6.45) is 8.27. The highest BCUT2D eigenvalue weighted by Crippen LogP contribution is 2.43. The Morgan fingerprint density at radius 2 is 1.06 bits per heavy atom. The highest BCUT2D eigenvalue weighted by Gasteiger charge is 2.39. The average molecular weight is 917 g/mol.